The molecule has 1 fully saturated rings. The van der Waals surface area contributed by atoms with Crippen LogP contribution in [0.1, 0.15) is 81.2 Å². The van der Waals surface area contributed by atoms with E-state index in [9.17, 15) is 27.6 Å². The molecule has 3 aromatic rings. The van der Waals surface area contributed by atoms with Crippen LogP contribution in [0.2, 0.25) is 0 Å². The van der Waals surface area contributed by atoms with Crippen LogP contribution in [0, 0.1) is 28.7 Å². The number of alkyl halides is 3. The highest BCUT2D eigenvalue weighted by Crippen LogP contribution is 2.41. The zero-order chi connectivity index (χ0) is 37.7. The Morgan fingerprint density at radius 2 is 1.48 bits per heavy atom. The molecule has 2 amide bonds. The topological polar surface area (TPSA) is 97.5 Å². The molecule has 1 saturated heterocycles. The molecule has 0 saturated carbocycles. The third kappa shape index (κ3) is 8.14. The fraction of sp³-hybridized carbons (Fsp3) is 0.457. The molecule has 4 rings (SSSR count). The number of amides is 2. The number of nitrogens with one attached hydrogen (secondary N) is 3. The molecular weight excluding hydrogens is 671 g/mol. The molecule has 272 valence electrons. The maximum atomic E-state index is 16.6. The number of carbonyl (C=O) groups excluding carboxylic acids is 2. The Kier molecular flexibility index (Phi) is 10.5. The number of hydrogen-bond acceptors (Lipinski definition) is 5. The van der Waals surface area contributed by atoms with E-state index in [2.05, 4.69) is 10.6 Å². The molecule has 2 atom stereocenters. The van der Waals surface area contributed by atoms with E-state index in [4.69, 9.17) is 0 Å². The summed E-state index contributed by atoms with van der Waals surface area (Å²) in [6.45, 7) is 13.2. The fourth-order valence-electron chi connectivity index (χ4n) is 6.56. The summed E-state index contributed by atoms with van der Waals surface area (Å²) >= 11 is 0. The first kappa shape index (κ1) is 38.4. The van der Waals surface area contributed by atoms with E-state index in [0.29, 0.717) is 12.6 Å². The van der Waals surface area contributed by atoms with Gasteiger partial charge in [0.15, 0.2) is 17.5 Å². The van der Waals surface area contributed by atoms with Gasteiger partial charge >= 0.3 is 6.18 Å². The van der Waals surface area contributed by atoms with Gasteiger partial charge in [-0.1, -0.05) is 26.8 Å². The minimum Gasteiger partial charge on any atom is -0.367 e. The average Bonchev–Trinajstić information content (AvgIpc) is 2.96. The first-order valence-corrected chi connectivity index (χ1v) is 15.8. The van der Waals surface area contributed by atoms with Gasteiger partial charge in [-0.25, -0.2) is 17.6 Å². The van der Waals surface area contributed by atoms with Crippen LogP contribution in [0.25, 0.3) is 11.1 Å². The lowest BCUT2D eigenvalue weighted by molar-refractivity contribution is -0.138. The van der Waals surface area contributed by atoms with Crippen molar-refractivity contribution in [3.05, 3.63) is 80.8 Å². The van der Waals surface area contributed by atoms with E-state index in [1.54, 1.807) is 13.8 Å². The predicted octanol–water partition coefficient (Wildman–Crippen LogP) is 7.34. The van der Waals surface area contributed by atoms with Crippen LogP contribution in [0.15, 0.2) is 35.3 Å². The number of aromatic nitrogens is 1. The van der Waals surface area contributed by atoms with Crippen LogP contribution in [-0.4, -0.2) is 59.5 Å². The molecule has 2 aromatic carbocycles. The van der Waals surface area contributed by atoms with Crippen LogP contribution >= 0.6 is 0 Å². The number of piperazine rings is 1. The molecule has 50 heavy (non-hydrogen) atoms. The Labute approximate surface area is 285 Å². The van der Waals surface area contributed by atoms with Gasteiger partial charge in [-0.05, 0) is 52.6 Å². The maximum absolute atomic E-state index is 16.6. The second kappa shape index (κ2) is 13.7. The average molecular weight is 712 g/mol. The van der Waals surface area contributed by atoms with Gasteiger partial charge in [0.2, 0.25) is 5.56 Å². The molecule has 1 aliphatic rings. The molecule has 1 aliphatic heterocycles. The smallest absolute Gasteiger partial charge is 0.367 e. The van der Waals surface area contributed by atoms with Gasteiger partial charge in [0.1, 0.15) is 11.5 Å². The number of likely N-dealkylation sites (N-methyl/N-ethyl adjacent to an activating group) is 1. The summed E-state index contributed by atoms with van der Waals surface area (Å²) in [6, 6.07) is 2.25. The van der Waals surface area contributed by atoms with Crippen molar-refractivity contribution in [3.63, 3.8) is 0 Å². The third-order valence-electron chi connectivity index (χ3n) is 8.63. The first-order valence-electron chi connectivity index (χ1n) is 15.8. The van der Waals surface area contributed by atoms with Crippen molar-refractivity contribution in [2.45, 2.75) is 78.7 Å². The molecule has 3 N–H and O–H groups in total. The summed E-state index contributed by atoms with van der Waals surface area (Å²) in [6.07, 6.45) is -4.18. The molecular formula is C35H40F7N5O3. The number of H-pyrrole nitrogens is 1. The first-order chi connectivity index (χ1) is 22.9. The summed E-state index contributed by atoms with van der Waals surface area (Å²) < 4.78 is 105. The van der Waals surface area contributed by atoms with Crippen molar-refractivity contribution in [2.24, 2.45) is 5.41 Å². The van der Waals surface area contributed by atoms with Crippen molar-refractivity contribution in [1.29, 1.82) is 0 Å². The van der Waals surface area contributed by atoms with Crippen molar-refractivity contribution in [3.8, 4) is 11.1 Å². The fourth-order valence-corrected chi connectivity index (χ4v) is 6.56. The zero-order valence-electron chi connectivity index (χ0n) is 28.9. The van der Waals surface area contributed by atoms with Gasteiger partial charge in [-0.3, -0.25) is 19.3 Å². The van der Waals surface area contributed by atoms with Crippen molar-refractivity contribution in [2.75, 3.05) is 30.4 Å². The molecule has 0 aliphatic carbocycles. The number of benzene rings is 2. The molecule has 15 heteroatoms. The Morgan fingerprint density at radius 1 is 0.880 bits per heavy atom. The Balaban J connectivity index is 1.86. The number of halogens is 7. The van der Waals surface area contributed by atoms with Crippen molar-refractivity contribution < 1.29 is 40.3 Å². The van der Waals surface area contributed by atoms with E-state index in [0.717, 1.165) is 18.2 Å². The van der Waals surface area contributed by atoms with Gasteiger partial charge in [0.05, 0.1) is 27.9 Å². The van der Waals surface area contributed by atoms with E-state index in [-0.39, 0.29) is 42.3 Å². The van der Waals surface area contributed by atoms with Crippen LogP contribution in [0.5, 0.6) is 0 Å². The lowest BCUT2D eigenvalue weighted by Gasteiger charge is -2.44. The Bertz CT molecular complexity index is 1850. The van der Waals surface area contributed by atoms with Gasteiger partial charge < -0.3 is 20.5 Å². The molecule has 8 nitrogen and oxygen atoms in total. The number of anilines is 2. The molecule has 0 radical (unpaired) electrons. The minimum absolute atomic E-state index is 0.159. The third-order valence-corrected chi connectivity index (χ3v) is 8.63. The number of hydrogen-bond donors (Lipinski definition) is 3. The Hall–Kier alpha value is -4.40. The van der Waals surface area contributed by atoms with Crippen LogP contribution in [0.4, 0.5) is 42.1 Å². The second-order valence-electron chi connectivity index (χ2n) is 14.7. The number of nitrogens with zero attached hydrogens (tertiary/aromatic N) is 2. The van der Waals surface area contributed by atoms with Crippen LogP contribution < -0.4 is 21.1 Å². The van der Waals surface area contributed by atoms with Crippen molar-refractivity contribution in [1.82, 2.24) is 15.2 Å². The van der Waals surface area contributed by atoms with Gasteiger partial charge in [-0.15, -0.1) is 0 Å². The highest BCUT2D eigenvalue weighted by Gasteiger charge is 2.38. The van der Waals surface area contributed by atoms with Gasteiger partial charge in [0.25, 0.3) is 11.8 Å². The van der Waals surface area contributed by atoms with E-state index in [1.165, 1.54) is 4.90 Å². The molecule has 2 heterocycles. The Morgan fingerprint density at radius 3 is 2.04 bits per heavy atom. The monoisotopic (exact) mass is 711 g/mol. The highest BCUT2D eigenvalue weighted by molar-refractivity contribution is 6.07. The molecule has 1 aromatic heterocycles. The number of carbonyl (C=O) groups is 2. The van der Waals surface area contributed by atoms with Crippen molar-refractivity contribution >= 4 is 23.2 Å². The van der Waals surface area contributed by atoms with Crippen LogP contribution in [0.3, 0.4) is 0 Å². The second-order valence-corrected chi connectivity index (χ2v) is 14.7. The number of rotatable bonds is 7. The highest BCUT2D eigenvalue weighted by atomic mass is 19.4. The van der Waals surface area contributed by atoms with E-state index in [1.807, 2.05) is 51.6 Å². The van der Waals surface area contributed by atoms with E-state index >= 15 is 17.6 Å². The summed E-state index contributed by atoms with van der Waals surface area (Å²) in [5, 5.41) is 4.72. The summed E-state index contributed by atoms with van der Waals surface area (Å²) in [5.74, 6) is -8.91. The predicted molar refractivity (Wildman–Crippen MR) is 176 cm³/mol. The SMILES string of the molecule is C[C@@H]1CN(c2cc(F)c(-c3ccc(C(=O)NC(C)(C)CC(C)(C)C)c(F)c3F)c(F)c2NC(=O)c2c[nH]c(=O)cc2C(F)(F)F)C[C@H](C)N1C. The molecule has 0 bridgehead atoms. The lowest BCUT2D eigenvalue weighted by atomic mass is 9.81. The largest absolute Gasteiger partial charge is 0.417 e. The summed E-state index contributed by atoms with van der Waals surface area (Å²) in [4.78, 5) is 43.5. The van der Waals surface area contributed by atoms with Gasteiger partial charge in [0, 0.05) is 54.6 Å². The maximum Gasteiger partial charge on any atom is 0.417 e. The van der Waals surface area contributed by atoms with Crippen LogP contribution in [-0.2, 0) is 6.18 Å². The molecule has 0 spiro atoms. The number of aromatic amines is 1. The van der Waals surface area contributed by atoms with Gasteiger partial charge in [-0.2, -0.15) is 13.2 Å². The standard InChI is InChI=1S/C35H40F7N5O3/c1-17-14-47(15-18(2)46(17)8)24-12-23(36)26(29(39)30(24)44-31(49)21-13-43-25(48)11-22(21)35(40,41)42)19-9-10-20(28(38)27(19)37)32(50)45-34(6,7)16-33(3,4)5/h9-13,17-18H,14-16H2,1-8H3,(H,43,48)(H,44,49)(H,45,50)/t17-,18+. The summed E-state index contributed by atoms with van der Waals surface area (Å²) in [7, 11) is 1.83. The number of pyridine rings is 1. The lowest BCUT2D eigenvalue weighted by Crippen LogP contribution is -2.55. The normalized spacial score (nSPS) is 17.5. The molecule has 0 unspecified atom stereocenters. The zero-order valence-corrected chi connectivity index (χ0v) is 28.9. The quantitative estimate of drug-likeness (QED) is 0.223. The summed E-state index contributed by atoms with van der Waals surface area (Å²) in [5.41, 5.74) is -8.78. The minimum atomic E-state index is -5.16. The van der Waals surface area contributed by atoms with E-state index < -0.39 is 85.9 Å².